The fraction of sp³-hybridized carbons (Fsp3) is 0.200. The zero-order valence-electron chi connectivity index (χ0n) is 7.76. The van der Waals surface area contributed by atoms with Gasteiger partial charge in [-0.3, -0.25) is 9.59 Å². The summed E-state index contributed by atoms with van der Waals surface area (Å²) in [6, 6.07) is 2.37. The van der Waals surface area contributed by atoms with Gasteiger partial charge in [-0.15, -0.1) is 0 Å². The molecule has 1 aromatic rings. The van der Waals surface area contributed by atoms with Crippen LogP contribution in [-0.2, 0) is 0 Å². The van der Waals surface area contributed by atoms with E-state index >= 15 is 0 Å². The molecule has 0 amide bonds. The van der Waals surface area contributed by atoms with Crippen LogP contribution in [0.3, 0.4) is 0 Å². The Kier molecular flexibility index (Phi) is 3.68. The molecule has 0 aliphatic rings. The van der Waals surface area contributed by atoms with Gasteiger partial charge < -0.3 is 0 Å². The first-order valence-electron chi connectivity index (χ1n) is 4.05. The first kappa shape index (κ1) is 12.0. The predicted molar refractivity (Wildman–Crippen MR) is 54.5 cm³/mol. The molecule has 15 heavy (non-hydrogen) atoms. The highest BCUT2D eigenvalue weighted by atomic mass is 79.9. The molecule has 0 spiro atoms. The first-order chi connectivity index (χ1) is 6.97. The molecule has 0 N–H and O–H groups in total. The van der Waals surface area contributed by atoms with E-state index in [2.05, 4.69) is 15.9 Å². The number of halogens is 3. The van der Waals surface area contributed by atoms with E-state index in [1.807, 2.05) is 0 Å². The van der Waals surface area contributed by atoms with Gasteiger partial charge in [0.05, 0.1) is 0 Å². The van der Waals surface area contributed by atoms with Gasteiger partial charge in [-0.2, -0.15) is 0 Å². The number of Topliss-reactive ketones (excluding diaryl/α,β-unsaturated/α-hetero) is 1. The van der Waals surface area contributed by atoms with Gasteiger partial charge in [-0.1, -0.05) is 0 Å². The van der Waals surface area contributed by atoms with Crippen molar-refractivity contribution in [1.82, 2.24) is 0 Å². The molecule has 0 aliphatic carbocycles. The number of ketones is 1. The van der Waals surface area contributed by atoms with E-state index in [1.54, 1.807) is 0 Å². The van der Waals surface area contributed by atoms with Crippen molar-refractivity contribution >= 4 is 28.0 Å². The van der Waals surface area contributed by atoms with Crippen LogP contribution in [0.1, 0.15) is 39.6 Å². The summed E-state index contributed by atoms with van der Waals surface area (Å²) in [5.41, 5.74) is -0.182. The van der Waals surface area contributed by atoms with Gasteiger partial charge in [-0.05, 0) is 35.0 Å². The van der Waals surface area contributed by atoms with Crippen LogP contribution < -0.4 is 0 Å². The van der Waals surface area contributed by atoms with Crippen molar-refractivity contribution in [1.29, 1.82) is 0 Å². The third kappa shape index (κ3) is 2.47. The number of rotatable bonds is 3. The Morgan fingerprint density at radius 3 is 2.47 bits per heavy atom. The molecular formula is C10H7BrF2O2. The Morgan fingerprint density at radius 1 is 1.47 bits per heavy atom. The summed E-state index contributed by atoms with van der Waals surface area (Å²) in [6.45, 7) is 1.26. The summed E-state index contributed by atoms with van der Waals surface area (Å²) < 4.78 is 25.1. The van der Waals surface area contributed by atoms with Gasteiger partial charge in [0.2, 0.25) is 0 Å². The maximum atomic E-state index is 12.5. The fourth-order valence-electron chi connectivity index (χ4n) is 1.12. The molecule has 0 bridgehead atoms. The molecule has 0 saturated carbocycles. The SMILES string of the molecule is CC(=O)c1cc(C=O)c(Br)c(C(F)F)c1. The number of hydrogen-bond acceptors (Lipinski definition) is 2. The number of carbonyl (C=O) groups is 2. The lowest BCUT2D eigenvalue weighted by Gasteiger charge is -2.07. The molecule has 0 fully saturated rings. The number of hydrogen-bond donors (Lipinski definition) is 0. The van der Waals surface area contributed by atoms with Crippen LogP contribution in [0.4, 0.5) is 8.78 Å². The molecule has 0 atom stereocenters. The Morgan fingerprint density at radius 2 is 2.07 bits per heavy atom. The smallest absolute Gasteiger partial charge is 0.264 e. The van der Waals surface area contributed by atoms with Crippen molar-refractivity contribution < 1.29 is 18.4 Å². The third-order valence-electron chi connectivity index (χ3n) is 1.90. The van der Waals surface area contributed by atoms with Gasteiger partial charge in [-0.25, -0.2) is 8.78 Å². The Hall–Kier alpha value is -1.10. The lowest BCUT2D eigenvalue weighted by molar-refractivity contribution is 0.101. The average molecular weight is 277 g/mol. The highest BCUT2D eigenvalue weighted by Crippen LogP contribution is 2.30. The number of benzene rings is 1. The normalized spacial score (nSPS) is 10.5. The first-order valence-corrected chi connectivity index (χ1v) is 4.84. The third-order valence-corrected chi connectivity index (χ3v) is 2.81. The number of carbonyl (C=O) groups excluding carboxylic acids is 2. The lowest BCUT2D eigenvalue weighted by Crippen LogP contribution is -1.99. The lowest BCUT2D eigenvalue weighted by atomic mass is 10.0. The van der Waals surface area contributed by atoms with E-state index in [0.717, 1.165) is 6.07 Å². The summed E-state index contributed by atoms with van der Waals surface area (Å²) in [5.74, 6) is -0.354. The zero-order valence-corrected chi connectivity index (χ0v) is 9.35. The molecule has 1 aromatic carbocycles. The van der Waals surface area contributed by atoms with E-state index in [9.17, 15) is 18.4 Å². The van der Waals surface area contributed by atoms with E-state index in [4.69, 9.17) is 0 Å². The summed E-state index contributed by atoms with van der Waals surface area (Å²) in [4.78, 5) is 21.6. The topological polar surface area (TPSA) is 34.1 Å². The second-order valence-corrected chi connectivity index (χ2v) is 3.74. The van der Waals surface area contributed by atoms with Crippen molar-refractivity contribution in [2.75, 3.05) is 0 Å². The van der Waals surface area contributed by atoms with Crippen LogP contribution in [0.5, 0.6) is 0 Å². The monoisotopic (exact) mass is 276 g/mol. The van der Waals surface area contributed by atoms with Gasteiger partial charge >= 0.3 is 0 Å². The van der Waals surface area contributed by atoms with Crippen LogP contribution in [0, 0.1) is 0 Å². The van der Waals surface area contributed by atoms with Crippen molar-refractivity contribution in [2.45, 2.75) is 13.3 Å². The van der Waals surface area contributed by atoms with Crippen LogP contribution in [0.15, 0.2) is 16.6 Å². The molecule has 0 saturated heterocycles. The average Bonchev–Trinajstić information content (AvgIpc) is 2.17. The molecule has 80 valence electrons. The van der Waals surface area contributed by atoms with Crippen molar-refractivity contribution in [3.8, 4) is 0 Å². The van der Waals surface area contributed by atoms with E-state index in [1.165, 1.54) is 13.0 Å². The summed E-state index contributed by atoms with van der Waals surface area (Å²) in [7, 11) is 0. The number of alkyl halides is 2. The predicted octanol–water partition coefficient (Wildman–Crippen LogP) is 3.40. The van der Waals surface area contributed by atoms with Crippen molar-refractivity contribution in [3.63, 3.8) is 0 Å². The fourth-order valence-corrected chi connectivity index (χ4v) is 1.61. The Balaban J connectivity index is 3.45. The summed E-state index contributed by atoms with van der Waals surface area (Å²) in [6.07, 6.45) is -2.29. The van der Waals surface area contributed by atoms with Gasteiger partial charge in [0.25, 0.3) is 6.43 Å². The summed E-state index contributed by atoms with van der Waals surface area (Å²) >= 11 is 2.90. The van der Waals surface area contributed by atoms with Crippen LogP contribution in [0.2, 0.25) is 0 Å². The molecule has 0 unspecified atom stereocenters. The maximum Gasteiger partial charge on any atom is 0.264 e. The number of aldehydes is 1. The molecule has 0 radical (unpaired) electrons. The Bertz CT molecular complexity index is 416. The van der Waals surface area contributed by atoms with Crippen LogP contribution >= 0.6 is 15.9 Å². The molecule has 1 rings (SSSR count). The Labute approximate surface area is 93.4 Å². The minimum atomic E-state index is -2.72. The molecule has 0 aliphatic heterocycles. The van der Waals surface area contributed by atoms with Crippen molar-refractivity contribution in [2.24, 2.45) is 0 Å². The molecule has 0 heterocycles. The highest BCUT2D eigenvalue weighted by molar-refractivity contribution is 9.10. The van der Waals surface area contributed by atoms with E-state index < -0.39 is 6.43 Å². The molecule has 0 aromatic heterocycles. The highest BCUT2D eigenvalue weighted by Gasteiger charge is 2.17. The molecular weight excluding hydrogens is 270 g/mol. The molecule has 5 heteroatoms. The van der Waals surface area contributed by atoms with Crippen LogP contribution in [0.25, 0.3) is 0 Å². The van der Waals surface area contributed by atoms with Gasteiger partial charge in [0.15, 0.2) is 12.1 Å². The van der Waals surface area contributed by atoms with Gasteiger partial charge in [0.1, 0.15) is 0 Å². The minimum Gasteiger partial charge on any atom is -0.298 e. The quantitative estimate of drug-likeness (QED) is 0.626. The minimum absolute atomic E-state index is 0.0394. The zero-order chi connectivity index (χ0) is 11.6. The van der Waals surface area contributed by atoms with Gasteiger partial charge in [0, 0.05) is 21.2 Å². The van der Waals surface area contributed by atoms with E-state index in [0.29, 0.717) is 6.29 Å². The summed E-state index contributed by atoms with van der Waals surface area (Å²) in [5, 5.41) is 0. The molecule has 2 nitrogen and oxygen atoms in total. The standard InChI is InChI=1S/C10H7BrF2O2/c1-5(15)6-2-7(4-14)9(11)8(3-6)10(12)13/h2-4,10H,1H3. The largest absolute Gasteiger partial charge is 0.298 e. The second-order valence-electron chi connectivity index (χ2n) is 2.94. The second kappa shape index (κ2) is 4.61. The van der Waals surface area contributed by atoms with E-state index in [-0.39, 0.29) is 26.9 Å². The van der Waals surface area contributed by atoms with Crippen molar-refractivity contribution in [3.05, 3.63) is 33.3 Å². The van der Waals surface area contributed by atoms with Crippen LogP contribution in [-0.4, -0.2) is 12.1 Å². The maximum absolute atomic E-state index is 12.5.